The van der Waals surface area contributed by atoms with Crippen molar-refractivity contribution in [1.82, 2.24) is 4.90 Å². The van der Waals surface area contributed by atoms with Crippen LogP contribution in [-0.2, 0) is 20.4 Å². The van der Waals surface area contributed by atoms with Crippen LogP contribution in [0.3, 0.4) is 0 Å². The zero-order chi connectivity index (χ0) is 11.2. The zero-order valence-electron chi connectivity index (χ0n) is 8.63. The number of amides is 1. The van der Waals surface area contributed by atoms with Gasteiger partial charge in [0.05, 0.1) is 28.9 Å². The predicted octanol–water partition coefficient (Wildman–Crippen LogP) is -5.34. The minimum Gasteiger partial charge on any atom is -0.543 e. The maximum Gasteiger partial charge on any atom is 1.00 e. The molecule has 0 radical (unpaired) electrons. The molecule has 0 aromatic heterocycles. The van der Waals surface area contributed by atoms with Gasteiger partial charge >= 0.3 is 51.4 Å². The third-order valence-electron chi connectivity index (χ3n) is 2.43. The van der Waals surface area contributed by atoms with E-state index in [1.54, 1.807) is 0 Å². The Morgan fingerprint density at radius 3 is 2.69 bits per heavy atom. The first-order chi connectivity index (χ1) is 7.07. The van der Waals surface area contributed by atoms with Crippen LogP contribution in [0.15, 0.2) is 10.6 Å². The molecule has 8 heteroatoms. The molecular formula is C8H8KNO5S. The molecule has 2 aliphatic heterocycles. The molecule has 16 heavy (non-hydrogen) atoms. The number of carboxylic acids is 1. The van der Waals surface area contributed by atoms with Crippen LogP contribution < -0.4 is 56.5 Å². The van der Waals surface area contributed by atoms with Gasteiger partial charge < -0.3 is 15.0 Å². The Kier molecular flexibility index (Phi) is 4.87. The summed E-state index contributed by atoms with van der Waals surface area (Å²) in [5, 5.41) is 18.9. The molecule has 2 heterocycles. The smallest absolute Gasteiger partial charge is 0.543 e. The summed E-state index contributed by atoms with van der Waals surface area (Å²) < 4.78 is 11.7. The van der Waals surface area contributed by atoms with E-state index < -0.39 is 22.1 Å². The van der Waals surface area contributed by atoms with Crippen LogP contribution in [0.25, 0.3) is 0 Å². The Morgan fingerprint density at radius 1 is 1.62 bits per heavy atom. The molecule has 0 spiro atoms. The topological polar surface area (TPSA) is 97.7 Å². The van der Waals surface area contributed by atoms with E-state index in [0.717, 1.165) is 4.90 Å². The van der Waals surface area contributed by atoms with Crippen molar-refractivity contribution in [3.8, 4) is 0 Å². The number of nitrogens with zero attached hydrogens (tertiary/aromatic N) is 1. The van der Waals surface area contributed by atoms with Crippen molar-refractivity contribution < 1.29 is 75.4 Å². The number of β-lactam (4-membered cyclic amide) rings is 1. The maximum absolute atomic E-state index is 11.7. The Hall–Kier alpha value is 0.426. The molecular weight excluding hydrogens is 261 g/mol. The summed E-state index contributed by atoms with van der Waals surface area (Å²) in [6.45, 7) is -0.299. The van der Waals surface area contributed by atoms with Gasteiger partial charge in [-0.2, -0.15) is 0 Å². The normalized spacial score (nSPS) is 27.3. The van der Waals surface area contributed by atoms with Crippen LogP contribution in [0, 0.1) is 0 Å². The molecule has 82 valence electrons. The molecule has 2 atom stereocenters. The Labute approximate surface area is 137 Å². The van der Waals surface area contributed by atoms with E-state index in [4.69, 9.17) is 5.11 Å². The van der Waals surface area contributed by atoms with Gasteiger partial charge in [-0.25, -0.2) is 0 Å². The average Bonchev–Trinajstić information content (AvgIpc) is 2.38. The standard InChI is InChI=1S/C8H9NO5S.K/c10-2-1-4-7(8(12)13)9-5(11)3-6(9)15(4)14;/h6,10H,1-3H2,(H,12,13);/q;+1/p-1/t6-,15?;/m1./s1. The summed E-state index contributed by atoms with van der Waals surface area (Å²) >= 11 is 0. The third-order valence-corrected chi connectivity index (χ3v) is 4.19. The number of aliphatic carboxylic acids is 1. The fourth-order valence-electron chi connectivity index (χ4n) is 1.75. The van der Waals surface area contributed by atoms with Gasteiger partial charge in [0.1, 0.15) is 5.37 Å². The second-order valence-electron chi connectivity index (χ2n) is 3.25. The van der Waals surface area contributed by atoms with Gasteiger partial charge in [0, 0.05) is 17.9 Å². The second kappa shape index (κ2) is 5.38. The molecule has 0 aromatic rings. The zero-order valence-corrected chi connectivity index (χ0v) is 12.6. The van der Waals surface area contributed by atoms with E-state index in [1.165, 1.54) is 0 Å². The molecule has 2 aliphatic rings. The van der Waals surface area contributed by atoms with Crippen LogP contribution in [0.2, 0.25) is 0 Å². The quantitative estimate of drug-likeness (QED) is 0.407. The van der Waals surface area contributed by atoms with Gasteiger partial charge in [-0.1, -0.05) is 0 Å². The van der Waals surface area contributed by atoms with Gasteiger partial charge in [-0.15, -0.1) is 0 Å². The average molecular weight is 269 g/mol. The molecule has 6 nitrogen and oxygen atoms in total. The summed E-state index contributed by atoms with van der Waals surface area (Å²) in [7, 11) is -1.52. The summed E-state index contributed by atoms with van der Waals surface area (Å²) in [4.78, 5) is 23.0. The maximum atomic E-state index is 11.7. The molecule has 1 N–H and O–H groups in total. The Morgan fingerprint density at radius 2 is 2.25 bits per heavy atom. The molecule has 0 bridgehead atoms. The van der Waals surface area contributed by atoms with Gasteiger partial charge in [-0.05, 0) is 0 Å². The molecule has 1 amide bonds. The Balaban J connectivity index is 0.00000128. The summed E-state index contributed by atoms with van der Waals surface area (Å²) in [5.41, 5.74) is -0.316. The van der Waals surface area contributed by atoms with Gasteiger partial charge in [-0.3, -0.25) is 13.9 Å². The molecule has 0 aliphatic carbocycles. The van der Waals surface area contributed by atoms with Crippen molar-refractivity contribution in [2.24, 2.45) is 0 Å². The van der Waals surface area contributed by atoms with Crippen molar-refractivity contribution in [2.45, 2.75) is 18.2 Å². The summed E-state index contributed by atoms with van der Waals surface area (Å²) in [6, 6.07) is 0. The molecule has 1 fully saturated rings. The molecule has 2 rings (SSSR count). The number of aliphatic hydroxyl groups excluding tert-OH is 1. The number of fused-ring (bicyclic) bond motifs is 1. The predicted molar refractivity (Wildman–Crippen MR) is 47.1 cm³/mol. The van der Waals surface area contributed by atoms with Crippen molar-refractivity contribution in [1.29, 1.82) is 0 Å². The Bertz CT molecular complexity index is 407. The van der Waals surface area contributed by atoms with Crippen LogP contribution in [-0.4, -0.2) is 38.1 Å². The fourth-order valence-corrected chi connectivity index (χ4v) is 3.46. The van der Waals surface area contributed by atoms with E-state index in [0.29, 0.717) is 0 Å². The van der Waals surface area contributed by atoms with Crippen molar-refractivity contribution in [2.75, 3.05) is 6.61 Å². The molecule has 1 saturated heterocycles. The SMILES string of the molecule is O=C([O-])C1=C(CCO)S(=O)[C@@H]2CC(=O)N12.[K+]. The largest absolute Gasteiger partial charge is 1.00 e. The number of hydrogen-bond acceptors (Lipinski definition) is 5. The second-order valence-corrected chi connectivity index (χ2v) is 4.88. The van der Waals surface area contributed by atoms with E-state index >= 15 is 0 Å². The van der Waals surface area contributed by atoms with Crippen molar-refractivity contribution >= 4 is 22.7 Å². The van der Waals surface area contributed by atoms with Crippen LogP contribution in [0.5, 0.6) is 0 Å². The van der Waals surface area contributed by atoms with Crippen LogP contribution in [0.1, 0.15) is 12.8 Å². The van der Waals surface area contributed by atoms with Gasteiger partial charge in [0.15, 0.2) is 0 Å². The number of rotatable bonds is 3. The van der Waals surface area contributed by atoms with Gasteiger partial charge in [0.2, 0.25) is 5.91 Å². The van der Waals surface area contributed by atoms with E-state index in [-0.39, 0.29) is 87.3 Å². The minimum atomic E-state index is -1.52. The number of carbonyl (C=O) groups is 2. The summed E-state index contributed by atoms with van der Waals surface area (Å²) in [5.74, 6) is -1.87. The van der Waals surface area contributed by atoms with Crippen molar-refractivity contribution in [3.05, 3.63) is 10.6 Å². The number of aliphatic hydroxyl groups is 1. The first-order valence-electron chi connectivity index (χ1n) is 4.36. The third kappa shape index (κ3) is 2.07. The molecule has 0 saturated carbocycles. The number of hydrogen-bond donors (Lipinski definition) is 1. The van der Waals surface area contributed by atoms with Crippen molar-refractivity contribution in [3.63, 3.8) is 0 Å². The minimum absolute atomic E-state index is 0. The van der Waals surface area contributed by atoms with Crippen LogP contribution >= 0.6 is 0 Å². The van der Waals surface area contributed by atoms with E-state index in [9.17, 15) is 18.9 Å². The summed E-state index contributed by atoms with van der Waals surface area (Å²) in [6.07, 6.45) is 0.0918. The van der Waals surface area contributed by atoms with E-state index in [2.05, 4.69) is 0 Å². The van der Waals surface area contributed by atoms with Crippen LogP contribution in [0.4, 0.5) is 0 Å². The number of carboxylic acid groups (broad SMARTS) is 1. The molecule has 1 unspecified atom stereocenters. The number of carbonyl (C=O) groups excluding carboxylic acids is 2. The molecule has 0 aromatic carbocycles. The fraction of sp³-hybridized carbons (Fsp3) is 0.500. The van der Waals surface area contributed by atoms with Gasteiger partial charge in [0.25, 0.3) is 0 Å². The van der Waals surface area contributed by atoms with E-state index in [1.807, 2.05) is 0 Å². The first-order valence-corrected chi connectivity index (χ1v) is 5.57. The monoisotopic (exact) mass is 269 g/mol. The first kappa shape index (κ1) is 14.5.